The lowest BCUT2D eigenvalue weighted by Gasteiger charge is -2.32. The number of nitrogens with zero attached hydrogens (tertiary/aromatic N) is 3. The van der Waals surface area contributed by atoms with Gasteiger partial charge in [-0.05, 0) is 42.8 Å². The fourth-order valence-corrected chi connectivity index (χ4v) is 4.11. The molecule has 0 unspecified atom stereocenters. The first-order valence-electron chi connectivity index (χ1n) is 12.2. The number of aromatic nitrogens is 2. The normalized spacial score (nSPS) is 13.9. The summed E-state index contributed by atoms with van der Waals surface area (Å²) in [7, 11) is 0. The number of amides is 2. The molecule has 8 nitrogen and oxygen atoms in total. The molecule has 1 aromatic heterocycles. The number of alkyl halides is 3. The van der Waals surface area contributed by atoms with E-state index >= 15 is 0 Å². The lowest BCUT2D eigenvalue weighted by molar-refractivity contribution is -0.140. The molecule has 2 aromatic carbocycles. The second-order valence-electron chi connectivity index (χ2n) is 8.87. The summed E-state index contributed by atoms with van der Waals surface area (Å²) in [6.45, 7) is 3.89. The summed E-state index contributed by atoms with van der Waals surface area (Å²) in [4.78, 5) is 33.4. The number of anilines is 1. The number of H-pyrrole nitrogens is 1. The van der Waals surface area contributed by atoms with Crippen LogP contribution >= 0.6 is 11.6 Å². The summed E-state index contributed by atoms with van der Waals surface area (Å²) in [5.41, 5.74) is -0.231. The summed E-state index contributed by atoms with van der Waals surface area (Å²) in [6.07, 6.45) is -2.41. The molecule has 1 aliphatic heterocycles. The number of halogens is 5. The van der Waals surface area contributed by atoms with Gasteiger partial charge in [0.2, 0.25) is 6.41 Å². The molecule has 2 amide bonds. The molecule has 40 heavy (non-hydrogen) atoms. The molecule has 1 aliphatic rings. The number of carbonyl (C=O) groups excluding carboxylic acids is 2. The van der Waals surface area contributed by atoms with Gasteiger partial charge in [-0.25, -0.2) is 9.37 Å². The number of imidazole rings is 1. The van der Waals surface area contributed by atoms with Gasteiger partial charge in [-0.2, -0.15) is 13.2 Å². The first kappa shape index (κ1) is 28.9. The third-order valence-corrected chi connectivity index (χ3v) is 6.34. The topological polar surface area (TPSA) is 90.6 Å². The van der Waals surface area contributed by atoms with E-state index in [1.807, 2.05) is 0 Å². The maximum absolute atomic E-state index is 13.4. The van der Waals surface area contributed by atoms with Gasteiger partial charge in [-0.1, -0.05) is 17.5 Å². The maximum atomic E-state index is 13.4. The van der Waals surface area contributed by atoms with Crippen LogP contribution in [-0.2, 0) is 15.8 Å². The van der Waals surface area contributed by atoms with Crippen LogP contribution in [0.3, 0.4) is 0 Å². The van der Waals surface area contributed by atoms with E-state index in [4.69, 9.17) is 16.3 Å². The number of hydrogen-bond acceptors (Lipinski definition) is 5. The van der Waals surface area contributed by atoms with E-state index in [1.165, 1.54) is 30.3 Å². The zero-order chi connectivity index (χ0) is 28.7. The molecule has 0 radical (unpaired) electrons. The number of carbonyl (C=O) groups is 2. The Balaban J connectivity index is 1.47. The summed E-state index contributed by atoms with van der Waals surface area (Å²) in [6, 6.07) is 8.25. The Kier molecular flexibility index (Phi) is 9.29. The highest BCUT2D eigenvalue weighted by Gasteiger charge is 2.33. The number of benzene rings is 2. The van der Waals surface area contributed by atoms with Crippen LogP contribution < -0.4 is 10.1 Å². The molecular weight excluding hydrogens is 554 g/mol. The molecule has 0 spiro atoms. The van der Waals surface area contributed by atoms with Gasteiger partial charge in [-0.15, -0.1) is 0 Å². The molecule has 1 fully saturated rings. The highest BCUT2D eigenvalue weighted by atomic mass is 35.5. The number of ether oxygens (including phenoxy) is 1. The number of hydrogen-bond donors (Lipinski definition) is 2. The zero-order valence-electron chi connectivity index (χ0n) is 21.0. The van der Waals surface area contributed by atoms with Crippen LogP contribution in [-0.4, -0.2) is 71.4 Å². The van der Waals surface area contributed by atoms with Crippen LogP contribution in [0.15, 0.2) is 42.6 Å². The van der Waals surface area contributed by atoms with Gasteiger partial charge in [0.05, 0.1) is 23.5 Å². The van der Waals surface area contributed by atoms with E-state index in [-0.39, 0.29) is 27.8 Å². The largest absolute Gasteiger partial charge is 0.491 e. The predicted octanol–water partition coefficient (Wildman–Crippen LogP) is 4.42. The lowest BCUT2D eigenvalue weighted by Crippen LogP contribution is -2.46. The molecule has 13 heteroatoms. The van der Waals surface area contributed by atoms with Gasteiger partial charge < -0.3 is 19.9 Å². The van der Waals surface area contributed by atoms with Gasteiger partial charge in [-0.3, -0.25) is 14.5 Å². The van der Waals surface area contributed by atoms with Crippen LogP contribution in [0.1, 0.15) is 17.7 Å². The molecule has 0 saturated carbocycles. The van der Waals surface area contributed by atoms with Gasteiger partial charge in [0.15, 0.2) is 0 Å². The van der Waals surface area contributed by atoms with Gasteiger partial charge in [0.25, 0.3) is 0 Å². The Morgan fingerprint density at radius 1 is 1.18 bits per heavy atom. The van der Waals surface area contributed by atoms with Gasteiger partial charge in [0, 0.05) is 49.8 Å². The molecule has 0 bridgehead atoms. The Hall–Kier alpha value is -4.08. The molecule has 210 valence electrons. The SMILES string of the molecule is O=CN1CCN(CCCOc2ccc(-c3ncc(C(F)(F)F)[nH]3)cc2NC(=O)C#Cc2ccc(F)c(Cl)c2)CC1. The van der Waals surface area contributed by atoms with Crippen molar-refractivity contribution in [2.24, 2.45) is 0 Å². The van der Waals surface area contributed by atoms with E-state index in [0.29, 0.717) is 37.9 Å². The minimum Gasteiger partial charge on any atom is -0.491 e. The quantitative estimate of drug-likeness (QED) is 0.179. The van der Waals surface area contributed by atoms with Crippen molar-refractivity contribution in [2.75, 3.05) is 44.6 Å². The standard InChI is InChI=1S/C27H24ClF4N5O3/c28-20-14-18(2-5-21(20)29)3-7-25(39)34-22-15-19(26-33-16-24(35-26)27(30,31)32)4-6-23(22)40-13-1-8-36-9-11-37(17-38)12-10-36/h2,4-6,14-17H,1,8-13H2,(H,33,35)(H,34,39). The molecular formula is C27H24ClF4N5O3. The molecule has 3 aromatic rings. The van der Waals surface area contributed by atoms with Gasteiger partial charge in [0.1, 0.15) is 23.1 Å². The number of rotatable bonds is 8. The average molecular weight is 578 g/mol. The van der Waals surface area contributed by atoms with Crippen molar-refractivity contribution in [2.45, 2.75) is 12.6 Å². The second kappa shape index (κ2) is 12.8. The van der Waals surface area contributed by atoms with Gasteiger partial charge >= 0.3 is 12.1 Å². The number of aromatic amines is 1. The Morgan fingerprint density at radius 3 is 2.62 bits per heavy atom. The van der Waals surface area contributed by atoms with Crippen LogP contribution in [0.5, 0.6) is 5.75 Å². The Labute approximate surface area is 232 Å². The molecule has 2 heterocycles. The minimum absolute atomic E-state index is 0.0455. The van der Waals surface area contributed by atoms with Crippen molar-refractivity contribution in [3.8, 4) is 29.0 Å². The van der Waals surface area contributed by atoms with Crippen LogP contribution in [0.25, 0.3) is 11.4 Å². The Bertz CT molecular complexity index is 1430. The van der Waals surface area contributed by atoms with Crippen molar-refractivity contribution >= 4 is 29.6 Å². The number of nitrogens with one attached hydrogen (secondary N) is 2. The fourth-order valence-electron chi connectivity index (χ4n) is 3.93. The first-order chi connectivity index (χ1) is 19.1. The van der Waals surface area contributed by atoms with E-state index < -0.39 is 23.6 Å². The summed E-state index contributed by atoms with van der Waals surface area (Å²) in [5.74, 6) is 3.86. The fraction of sp³-hybridized carbons (Fsp3) is 0.296. The van der Waals surface area contributed by atoms with Crippen molar-refractivity contribution in [1.82, 2.24) is 19.8 Å². The van der Waals surface area contributed by atoms with E-state index in [0.717, 1.165) is 32.1 Å². The molecule has 1 saturated heterocycles. The third kappa shape index (κ3) is 7.74. The van der Waals surface area contributed by atoms with E-state index in [9.17, 15) is 27.2 Å². The smallest absolute Gasteiger partial charge is 0.432 e. The average Bonchev–Trinajstić information content (AvgIpc) is 3.44. The monoisotopic (exact) mass is 577 g/mol. The Morgan fingerprint density at radius 2 is 1.95 bits per heavy atom. The van der Waals surface area contributed by atoms with Crippen LogP contribution in [0, 0.1) is 17.7 Å². The molecule has 4 rings (SSSR count). The van der Waals surface area contributed by atoms with Crippen LogP contribution in [0.4, 0.5) is 23.2 Å². The minimum atomic E-state index is -4.59. The molecule has 2 N–H and O–H groups in total. The molecule has 0 atom stereocenters. The highest BCUT2D eigenvalue weighted by Crippen LogP contribution is 2.33. The van der Waals surface area contributed by atoms with Crippen LogP contribution in [0.2, 0.25) is 5.02 Å². The predicted molar refractivity (Wildman–Crippen MR) is 140 cm³/mol. The molecule has 0 aliphatic carbocycles. The second-order valence-corrected chi connectivity index (χ2v) is 9.28. The van der Waals surface area contributed by atoms with Crippen molar-refractivity contribution in [1.29, 1.82) is 0 Å². The summed E-state index contributed by atoms with van der Waals surface area (Å²) >= 11 is 5.75. The van der Waals surface area contributed by atoms with Crippen molar-refractivity contribution in [3.05, 3.63) is 64.7 Å². The van der Waals surface area contributed by atoms with E-state index in [1.54, 1.807) is 4.90 Å². The first-order valence-corrected chi connectivity index (χ1v) is 12.6. The van der Waals surface area contributed by atoms with E-state index in [2.05, 4.69) is 32.0 Å². The summed E-state index contributed by atoms with van der Waals surface area (Å²) in [5, 5.41) is 2.46. The highest BCUT2D eigenvalue weighted by molar-refractivity contribution is 6.30. The third-order valence-electron chi connectivity index (χ3n) is 6.05. The lowest BCUT2D eigenvalue weighted by atomic mass is 10.1. The summed E-state index contributed by atoms with van der Waals surface area (Å²) < 4.78 is 58.4. The van der Waals surface area contributed by atoms with Crippen molar-refractivity contribution in [3.63, 3.8) is 0 Å². The van der Waals surface area contributed by atoms with Crippen molar-refractivity contribution < 1.29 is 31.9 Å². The maximum Gasteiger partial charge on any atom is 0.432 e. The number of piperazine rings is 1. The zero-order valence-corrected chi connectivity index (χ0v) is 21.8.